The number of aryl methyl sites for hydroxylation is 1. The van der Waals surface area contributed by atoms with Crippen LogP contribution in [0.2, 0.25) is 0 Å². The molecule has 0 radical (unpaired) electrons. The summed E-state index contributed by atoms with van der Waals surface area (Å²) in [5, 5.41) is 5.73. The molecule has 1 fully saturated rings. The minimum Gasteiger partial charge on any atom is -0.350 e. The van der Waals surface area contributed by atoms with Gasteiger partial charge in [0.25, 0.3) is 5.91 Å². The summed E-state index contributed by atoms with van der Waals surface area (Å²) in [6, 6.07) is 3.94. The molecule has 2 amide bonds. The van der Waals surface area contributed by atoms with Gasteiger partial charge in [0.2, 0.25) is 5.91 Å². The predicted molar refractivity (Wildman–Crippen MR) is 76.2 cm³/mol. The normalized spacial score (nSPS) is 20.6. The zero-order valence-electron chi connectivity index (χ0n) is 11.6. The molecule has 20 heavy (non-hydrogen) atoms. The Bertz CT molecular complexity index is 522. The molecule has 0 bridgehead atoms. The van der Waals surface area contributed by atoms with Crippen molar-refractivity contribution in [1.82, 2.24) is 15.6 Å². The summed E-state index contributed by atoms with van der Waals surface area (Å²) in [6.07, 6.45) is 5.28. The Labute approximate surface area is 118 Å². The summed E-state index contributed by atoms with van der Waals surface area (Å²) in [7, 11) is 0. The third kappa shape index (κ3) is 3.44. The number of amides is 2. The minimum atomic E-state index is -0.169. The highest BCUT2D eigenvalue weighted by Crippen LogP contribution is 2.20. The van der Waals surface area contributed by atoms with Crippen molar-refractivity contribution < 1.29 is 9.59 Å². The maximum atomic E-state index is 12.0. The Morgan fingerprint density at radius 1 is 1.40 bits per heavy atom. The third-order valence-electron chi connectivity index (χ3n) is 3.47. The van der Waals surface area contributed by atoms with Crippen molar-refractivity contribution in [1.29, 1.82) is 0 Å². The lowest BCUT2D eigenvalue weighted by Gasteiger charge is -2.35. The second-order valence-corrected chi connectivity index (χ2v) is 4.95. The van der Waals surface area contributed by atoms with Gasteiger partial charge < -0.3 is 10.6 Å². The van der Waals surface area contributed by atoms with Crippen LogP contribution in [0, 0.1) is 0 Å². The van der Waals surface area contributed by atoms with E-state index in [0.717, 1.165) is 24.8 Å². The van der Waals surface area contributed by atoms with E-state index < -0.39 is 0 Å². The largest absolute Gasteiger partial charge is 0.350 e. The lowest BCUT2D eigenvalue weighted by Crippen LogP contribution is -2.53. The first-order valence-corrected chi connectivity index (χ1v) is 6.81. The third-order valence-corrected chi connectivity index (χ3v) is 3.47. The topological polar surface area (TPSA) is 71.1 Å². The fraction of sp³-hybridized carbons (Fsp3) is 0.400. The van der Waals surface area contributed by atoms with E-state index in [1.165, 1.54) is 6.08 Å². The van der Waals surface area contributed by atoms with Gasteiger partial charge in [-0.05, 0) is 43.0 Å². The number of aromatic nitrogens is 1. The smallest absolute Gasteiger partial charge is 0.270 e. The van der Waals surface area contributed by atoms with Gasteiger partial charge >= 0.3 is 0 Å². The number of nitrogens with one attached hydrogen (secondary N) is 2. The molecule has 0 atom stereocenters. The van der Waals surface area contributed by atoms with Crippen LogP contribution in [0.5, 0.6) is 0 Å². The van der Waals surface area contributed by atoms with Gasteiger partial charge in [-0.25, -0.2) is 0 Å². The van der Waals surface area contributed by atoms with E-state index in [1.807, 2.05) is 19.1 Å². The monoisotopic (exact) mass is 273 g/mol. The number of hydrogen-bond donors (Lipinski definition) is 2. The number of nitrogens with zero attached hydrogens (tertiary/aromatic N) is 1. The van der Waals surface area contributed by atoms with Crippen molar-refractivity contribution in [2.24, 2.45) is 0 Å². The van der Waals surface area contributed by atoms with Gasteiger partial charge in [0.15, 0.2) is 0 Å². The molecular weight excluding hydrogens is 254 g/mol. The summed E-state index contributed by atoms with van der Waals surface area (Å²) in [4.78, 5) is 27.2. The molecule has 1 aromatic heterocycles. The molecule has 2 rings (SSSR count). The standard InChI is InChI=1S/C15H19N3O2/c1-3-10-5-6-16-13(7-10)15(20)18-12-8-11(9-12)17-14(19)4-2/h4-7,11-12H,2-3,8-9H2,1H3,(H,17,19)(H,18,20). The van der Waals surface area contributed by atoms with Gasteiger partial charge in [-0.2, -0.15) is 0 Å². The van der Waals surface area contributed by atoms with Crippen LogP contribution in [0.3, 0.4) is 0 Å². The molecule has 0 aromatic carbocycles. The van der Waals surface area contributed by atoms with Crippen molar-refractivity contribution in [2.45, 2.75) is 38.3 Å². The number of carbonyl (C=O) groups is 2. The predicted octanol–water partition coefficient (Wildman–Crippen LogP) is 1.21. The molecule has 0 spiro atoms. The lowest BCUT2D eigenvalue weighted by atomic mass is 9.86. The second kappa shape index (κ2) is 6.32. The number of pyridine rings is 1. The minimum absolute atomic E-state index is 0.102. The van der Waals surface area contributed by atoms with Gasteiger partial charge in [0.05, 0.1) is 0 Å². The summed E-state index contributed by atoms with van der Waals surface area (Å²) in [5.41, 5.74) is 1.54. The maximum absolute atomic E-state index is 12.0. The van der Waals surface area contributed by atoms with Gasteiger partial charge in [0, 0.05) is 18.3 Å². The molecule has 1 saturated carbocycles. The molecular formula is C15H19N3O2. The summed E-state index contributed by atoms with van der Waals surface area (Å²) in [6.45, 7) is 5.44. The summed E-state index contributed by atoms with van der Waals surface area (Å²) >= 11 is 0. The van der Waals surface area contributed by atoms with Crippen LogP contribution in [-0.2, 0) is 11.2 Å². The first-order chi connectivity index (χ1) is 9.62. The molecule has 5 heteroatoms. The Hall–Kier alpha value is -2.17. The van der Waals surface area contributed by atoms with Crippen molar-refractivity contribution in [2.75, 3.05) is 0 Å². The SMILES string of the molecule is C=CC(=O)NC1CC(NC(=O)c2cc(CC)ccn2)C1. The quantitative estimate of drug-likeness (QED) is 0.792. The van der Waals surface area contributed by atoms with Crippen molar-refractivity contribution in [3.05, 3.63) is 42.2 Å². The van der Waals surface area contributed by atoms with Crippen LogP contribution in [0.4, 0.5) is 0 Å². The molecule has 5 nitrogen and oxygen atoms in total. The Balaban J connectivity index is 1.82. The Morgan fingerprint density at radius 2 is 2.10 bits per heavy atom. The Kier molecular flexibility index (Phi) is 4.50. The molecule has 1 heterocycles. The van der Waals surface area contributed by atoms with Crippen molar-refractivity contribution in [3.8, 4) is 0 Å². The van der Waals surface area contributed by atoms with Crippen LogP contribution < -0.4 is 10.6 Å². The van der Waals surface area contributed by atoms with Crippen LogP contribution >= 0.6 is 0 Å². The fourth-order valence-corrected chi connectivity index (χ4v) is 2.19. The average Bonchev–Trinajstić information content (AvgIpc) is 2.44. The molecule has 0 saturated heterocycles. The molecule has 0 aliphatic heterocycles. The van der Waals surface area contributed by atoms with E-state index in [1.54, 1.807) is 6.20 Å². The maximum Gasteiger partial charge on any atom is 0.270 e. The van der Waals surface area contributed by atoms with E-state index in [0.29, 0.717) is 5.69 Å². The average molecular weight is 273 g/mol. The number of rotatable bonds is 5. The fourth-order valence-electron chi connectivity index (χ4n) is 2.19. The molecule has 0 unspecified atom stereocenters. The highest BCUT2D eigenvalue weighted by atomic mass is 16.2. The van der Waals surface area contributed by atoms with Gasteiger partial charge in [-0.15, -0.1) is 0 Å². The molecule has 1 aliphatic rings. The van der Waals surface area contributed by atoms with Crippen molar-refractivity contribution in [3.63, 3.8) is 0 Å². The van der Waals surface area contributed by atoms with Crippen LogP contribution in [0.15, 0.2) is 31.0 Å². The summed E-state index contributed by atoms with van der Waals surface area (Å²) < 4.78 is 0. The number of hydrogen-bond acceptors (Lipinski definition) is 3. The first kappa shape index (κ1) is 14.2. The second-order valence-electron chi connectivity index (χ2n) is 4.95. The van der Waals surface area contributed by atoms with Crippen LogP contribution in [0.1, 0.15) is 35.8 Å². The highest BCUT2D eigenvalue weighted by molar-refractivity contribution is 5.92. The van der Waals surface area contributed by atoms with Crippen molar-refractivity contribution >= 4 is 11.8 Å². The van der Waals surface area contributed by atoms with E-state index in [2.05, 4.69) is 22.2 Å². The van der Waals surface area contributed by atoms with E-state index in [9.17, 15) is 9.59 Å². The lowest BCUT2D eigenvalue weighted by molar-refractivity contribution is -0.117. The van der Waals surface area contributed by atoms with Crippen LogP contribution in [-0.4, -0.2) is 28.9 Å². The molecule has 106 valence electrons. The molecule has 1 aromatic rings. The Morgan fingerprint density at radius 3 is 2.75 bits per heavy atom. The molecule has 1 aliphatic carbocycles. The molecule has 2 N–H and O–H groups in total. The van der Waals surface area contributed by atoms with Gasteiger partial charge in [0.1, 0.15) is 5.69 Å². The summed E-state index contributed by atoms with van der Waals surface area (Å²) in [5.74, 6) is -0.323. The zero-order chi connectivity index (χ0) is 14.5. The number of carbonyl (C=O) groups excluding carboxylic acids is 2. The van der Waals surface area contributed by atoms with Crippen LogP contribution in [0.25, 0.3) is 0 Å². The first-order valence-electron chi connectivity index (χ1n) is 6.81. The zero-order valence-corrected chi connectivity index (χ0v) is 11.6. The van der Waals surface area contributed by atoms with E-state index in [4.69, 9.17) is 0 Å². The van der Waals surface area contributed by atoms with E-state index >= 15 is 0 Å². The highest BCUT2D eigenvalue weighted by Gasteiger charge is 2.31. The van der Waals surface area contributed by atoms with E-state index in [-0.39, 0.29) is 23.9 Å². The van der Waals surface area contributed by atoms with Gasteiger partial charge in [-0.3, -0.25) is 14.6 Å². The van der Waals surface area contributed by atoms with Gasteiger partial charge in [-0.1, -0.05) is 13.5 Å².